The van der Waals surface area contributed by atoms with E-state index in [9.17, 15) is 8.42 Å². The summed E-state index contributed by atoms with van der Waals surface area (Å²) in [6, 6.07) is 8.52. The van der Waals surface area contributed by atoms with Gasteiger partial charge in [0.25, 0.3) is 0 Å². The highest BCUT2D eigenvalue weighted by Gasteiger charge is 2.27. The van der Waals surface area contributed by atoms with Gasteiger partial charge in [0.05, 0.1) is 6.54 Å². The summed E-state index contributed by atoms with van der Waals surface area (Å²) in [5.74, 6) is 0.395. The van der Waals surface area contributed by atoms with Crippen molar-refractivity contribution in [3.05, 3.63) is 51.3 Å². The Kier molecular flexibility index (Phi) is 5.11. The Labute approximate surface area is 136 Å². The van der Waals surface area contributed by atoms with Crippen LogP contribution in [0.25, 0.3) is 0 Å². The van der Waals surface area contributed by atoms with Crippen LogP contribution in [-0.2, 0) is 23.1 Å². The number of sulfonamides is 1. The van der Waals surface area contributed by atoms with Crippen molar-refractivity contribution >= 4 is 37.6 Å². The third-order valence-corrected chi connectivity index (χ3v) is 5.98. The predicted molar refractivity (Wildman–Crippen MR) is 84.4 cm³/mol. The fourth-order valence-electron chi connectivity index (χ4n) is 1.79. The maximum atomic E-state index is 12.5. The van der Waals surface area contributed by atoms with E-state index in [0.29, 0.717) is 10.8 Å². The van der Waals surface area contributed by atoms with E-state index in [-0.39, 0.29) is 22.7 Å². The molecule has 0 bridgehead atoms. The summed E-state index contributed by atoms with van der Waals surface area (Å²) in [4.78, 5) is 0.0532. The van der Waals surface area contributed by atoms with Crippen molar-refractivity contribution in [2.24, 2.45) is 5.73 Å². The number of rotatable bonds is 5. The largest absolute Gasteiger partial charge is 0.452 e. The molecule has 0 amide bonds. The Morgan fingerprint density at radius 3 is 2.62 bits per heavy atom. The minimum absolute atomic E-state index is 0.0532. The van der Waals surface area contributed by atoms with Crippen LogP contribution in [0.2, 0.25) is 5.02 Å². The van der Waals surface area contributed by atoms with Crippen molar-refractivity contribution in [3.63, 3.8) is 0 Å². The van der Waals surface area contributed by atoms with Gasteiger partial charge in [-0.25, -0.2) is 8.42 Å². The van der Waals surface area contributed by atoms with Gasteiger partial charge in [0.2, 0.25) is 10.0 Å². The molecule has 0 aliphatic rings. The molecule has 0 spiro atoms. The maximum Gasteiger partial charge on any atom is 0.247 e. The standard InChI is InChI=1S/C13H14BrClN2O3S/c1-17(8-9-4-2-3-5-11(9)15)21(18,19)12-6-10(7-16)20-13(12)14/h2-6H,7-8,16H2,1H3. The lowest BCUT2D eigenvalue weighted by Crippen LogP contribution is -2.26. The lowest BCUT2D eigenvalue weighted by molar-refractivity contribution is 0.458. The van der Waals surface area contributed by atoms with Crippen LogP contribution in [0, 0.1) is 0 Å². The predicted octanol–water partition coefficient (Wildman–Crippen LogP) is 2.97. The van der Waals surface area contributed by atoms with Gasteiger partial charge in [-0.3, -0.25) is 0 Å². The van der Waals surface area contributed by atoms with Crippen LogP contribution in [-0.4, -0.2) is 19.8 Å². The second kappa shape index (κ2) is 6.50. The lowest BCUT2D eigenvalue weighted by atomic mass is 10.2. The van der Waals surface area contributed by atoms with E-state index in [1.54, 1.807) is 18.2 Å². The zero-order chi connectivity index (χ0) is 15.6. The van der Waals surface area contributed by atoms with Gasteiger partial charge in [0.15, 0.2) is 4.67 Å². The van der Waals surface area contributed by atoms with Crippen molar-refractivity contribution in [3.8, 4) is 0 Å². The second-order valence-electron chi connectivity index (χ2n) is 4.41. The van der Waals surface area contributed by atoms with Crippen LogP contribution in [0.1, 0.15) is 11.3 Å². The lowest BCUT2D eigenvalue weighted by Gasteiger charge is -2.17. The Morgan fingerprint density at radius 1 is 1.38 bits per heavy atom. The van der Waals surface area contributed by atoms with Crippen LogP contribution < -0.4 is 5.73 Å². The third kappa shape index (κ3) is 3.49. The first kappa shape index (κ1) is 16.5. The molecule has 0 atom stereocenters. The van der Waals surface area contributed by atoms with Crippen molar-refractivity contribution < 1.29 is 12.8 Å². The van der Waals surface area contributed by atoms with Gasteiger partial charge in [-0.15, -0.1) is 0 Å². The van der Waals surface area contributed by atoms with Crippen LogP contribution >= 0.6 is 27.5 Å². The quantitative estimate of drug-likeness (QED) is 0.847. The minimum Gasteiger partial charge on any atom is -0.452 e. The summed E-state index contributed by atoms with van der Waals surface area (Å²) in [5, 5.41) is 0.522. The molecule has 1 heterocycles. The molecule has 0 saturated carbocycles. The van der Waals surface area contributed by atoms with Gasteiger partial charge < -0.3 is 10.2 Å². The summed E-state index contributed by atoms with van der Waals surface area (Å²) in [5.41, 5.74) is 6.18. The topological polar surface area (TPSA) is 76.5 Å². The van der Waals surface area contributed by atoms with Gasteiger partial charge in [0.1, 0.15) is 10.7 Å². The van der Waals surface area contributed by atoms with Crippen LogP contribution in [0.5, 0.6) is 0 Å². The number of hydrogen-bond donors (Lipinski definition) is 1. The van der Waals surface area contributed by atoms with E-state index in [2.05, 4.69) is 15.9 Å². The van der Waals surface area contributed by atoms with Gasteiger partial charge in [-0.2, -0.15) is 4.31 Å². The first-order chi connectivity index (χ1) is 9.86. The summed E-state index contributed by atoms with van der Waals surface area (Å²) in [6.07, 6.45) is 0. The Hall–Kier alpha value is -0.860. The SMILES string of the molecule is CN(Cc1ccccc1Cl)S(=O)(=O)c1cc(CN)oc1Br. The number of hydrogen-bond acceptors (Lipinski definition) is 4. The van der Waals surface area contributed by atoms with Crippen LogP contribution in [0.4, 0.5) is 0 Å². The van der Waals surface area contributed by atoms with E-state index in [1.807, 2.05) is 6.07 Å². The van der Waals surface area contributed by atoms with Crippen molar-refractivity contribution in [1.82, 2.24) is 4.31 Å². The molecule has 21 heavy (non-hydrogen) atoms. The Bertz CT molecular complexity index is 746. The minimum atomic E-state index is -3.70. The van der Waals surface area contributed by atoms with Crippen molar-refractivity contribution in [2.75, 3.05) is 7.05 Å². The van der Waals surface area contributed by atoms with Crippen LogP contribution in [0.15, 0.2) is 44.3 Å². The molecule has 0 unspecified atom stereocenters. The molecule has 0 fully saturated rings. The third-order valence-electron chi connectivity index (χ3n) is 2.95. The molecular formula is C13H14BrClN2O3S. The van der Waals surface area contributed by atoms with E-state index in [0.717, 1.165) is 5.56 Å². The highest BCUT2D eigenvalue weighted by molar-refractivity contribution is 9.10. The number of benzene rings is 1. The van der Waals surface area contributed by atoms with E-state index < -0.39 is 10.0 Å². The Morgan fingerprint density at radius 2 is 2.05 bits per heavy atom. The molecule has 0 radical (unpaired) electrons. The average molecular weight is 394 g/mol. The number of nitrogens with zero attached hydrogens (tertiary/aromatic N) is 1. The molecule has 1 aromatic carbocycles. The fraction of sp³-hybridized carbons (Fsp3) is 0.231. The molecule has 2 aromatic rings. The van der Waals surface area contributed by atoms with Crippen molar-refractivity contribution in [2.45, 2.75) is 18.0 Å². The molecule has 2 rings (SSSR count). The van der Waals surface area contributed by atoms with E-state index in [1.165, 1.54) is 17.4 Å². The summed E-state index contributed by atoms with van der Waals surface area (Å²) in [6.45, 7) is 0.292. The average Bonchev–Trinajstić information content (AvgIpc) is 2.83. The normalized spacial score (nSPS) is 12.0. The molecule has 0 aliphatic heterocycles. The first-order valence-electron chi connectivity index (χ1n) is 6.04. The number of halogens is 2. The second-order valence-corrected chi connectivity index (χ2v) is 7.55. The first-order valence-corrected chi connectivity index (χ1v) is 8.65. The molecule has 5 nitrogen and oxygen atoms in total. The summed E-state index contributed by atoms with van der Waals surface area (Å²) < 4.78 is 31.7. The van der Waals surface area contributed by atoms with Gasteiger partial charge >= 0.3 is 0 Å². The zero-order valence-electron chi connectivity index (χ0n) is 11.2. The smallest absolute Gasteiger partial charge is 0.247 e. The molecular weight excluding hydrogens is 380 g/mol. The Balaban J connectivity index is 2.30. The van der Waals surface area contributed by atoms with Crippen molar-refractivity contribution in [1.29, 1.82) is 0 Å². The zero-order valence-corrected chi connectivity index (χ0v) is 14.4. The molecule has 2 N–H and O–H groups in total. The number of furan rings is 1. The van der Waals surface area contributed by atoms with Gasteiger partial charge in [-0.1, -0.05) is 29.8 Å². The number of nitrogens with two attached hydrogens (primary N) is 1. The van der Waals surface area contributed by atoms with E-state index in [4.69, 9.17) is 21.8 Å². The molecule has 0 aliphatic carbocycles. The highest BCUT2D eigenvalue weighted by Crippen LogP contribution is 2.29. The van der Waals surface area contributed by atoms with Gasteiger partial charge in [-0.05, 0) is 27.6 Å². The molecule has 114 valence electrons. The molecule has 1 aromatic heterocycles. The van der Waals surface area contributed by atoms with Gasteiger partial charge in [0, 0.05) is 24.7 Å². The van der Waals surface area contributed by atoms with Crippen LogP contribution in [0.3, 0.4) is 0 Å². The maximum absolute atomic E-state index is 12.5. The van der Waals surface area contributed by atoms with E-state index >= 15 is 0 Å². The monoisotopic (exact) mass is 392 g/mol. The summed E-state index contributed by atoms with van der Waals surface area (Å²) >= 11 is 9.16. The fourth-order valence-corrected chi connectivity index (χ4v) is 4.09. The summed E-state index contributed by atoms with van der Waals surface area (Å²) in [7, 11) is -2.21. The molecule has 8 heteroatoms. The molecule has 0 saturated heterocycles. The highest BCUT2D eigenvalue weighted by atomic mass is 79.9.